The third-order valence-corrected chi connectivity index (χ3v) is 4.27. The third-order valence-electron chi connectivity index (χ3n) is 4.08. The average molecular weight is 293 g/mol. The van der Waals surface area contributed by atoms with Crippen LogP contribution in [0.15, 0.2) is 18.2 Å². The van der Waals surface area contributed by atoms with Crippen molar-refractivity contribution in [1.82, 2.24) is 9.55 Å². The summed E-state index contributed by atoms with van der Waals surface area (Å²) in [4.78, 5) is 4.78. The summed E-state index contributed by atoms with van der Waals surface area (Å²) in [5, 5.41) is 0. The van der Waals surface area contributed by atoms with Gasteiger partial charge in [0, 0.05) is 32.1 Å². The Morgan fingerprint density at radius 3 is 2.90 bits per heavy atom. The monoisotopic (exact) mass is 292 g/mol. The van der Waals surface area contributed by atoms with Crippen LogP contribution in [0.25, 0.3) is 11.0 Å². The smallest absolute Gasteiger partial charge is 0.111 e. The Balaban J connectivity index is 1.95. The van der Waals surface area contributed by atoms with Gasteiger partial charge >= 0.3 is 0 Å². The zero-order valence-corrected chi connectivity index (χ0v) is 12.7. The largest absolute Gasteiger partial charge is 0.381 e. The van der Waals surface area contributed by atoms with E-state index in [1.807, 2.05) is 0 Å². The molecule has 0 radical (unpaired) electrons. The van der Waals surface area contributed by atoms with Gasteiger partial charge in [-0.15, -0.1) is 11.6 Å². The van der Waals surface area contributed by atoms with Gasteiger partial charge in [-0.1, -0.05) is 6.07 Å². The molecule has 1 aromatic heterocycles. The Morgan fingerprint density at radius 2 is 2.15 bits per heavy atom. The van der Waals surface area contributed by atoms with Gasteiger partial charge < -0.3 is 9.30 Å². The van der Waals surface area contributed by atoms with Crippen molar-refractivity contribution in [1.29, 1.82) is 0 Å². The molecule has 0 spiro atoms. The molecule has 0 amide bonds. The van der Waals surface area contributed by atoms with Crippen LogP contribution in [0.5, 0.6) is 0 Å². The molecule has 1 fully saturated rings. The summed E-state index contributed by atoms with van der Waals surface area (Å²) in [7, 11) is 0. The van der Waals surface area contributed by atoms with E-state index < -0.39 is 0 Å². The Hall–Kier alpha value is -1.06. The number of benzene rings is 1. The second kappa shape index (κ2) is 6.15. The van der Waals surface area contributed by atoms with E-state index in [1.165, 1.54) is 11.1 Å². The average Bonchev–Trinajstić information content (AvgIpc) is 2.77. The predicted molar refractivity (Wildman–Crippen MR) is 82.4 cm³/mol. The summed E-state index contributed by atoms with van der Waals surface area (Å²) in [5.41, 5.74) is 3.59. The molecule has 2 heterocycles. The van der Waals surface area contributed by atoms with Gasteiger partial charge in [-0.3, -0.25) is 0 Å². The molecule has 3 rings (SSSR count). The van der Waals surface area contributed by atoms with Crippen LogP contribution in [-0.4, -0.2) is 28.6 Å². The first-order valence-corrected chi connectivity index (χ1v) is 7.91. The van der Waals surface area contributed by atoms with Crippen LogP contribution in [0.2, 0.25) is 0 Å². The number of alkyl halides is 1. The van der Waals surface area contributed by atoms with Gasteiger partial charge in [0.2, 0.25) is 0 Å². The molecule has 2 aromatic rings. The molecule has 108 valence electrons. The Bertz CT molecular complexity index is 587. The lowest BCUT2D eigenvalue weighted by Gasteiger charge is -2.23. The standard InChI is InChI=1S/C16H21ClN2O/c1-12-2-3-15-14(10-12)18-16(4-7-17)19(15)11-13-5-8-20-9-6-13/h2-3,10,13H,4-9,11H2,1H3. The van der Waals surface area contributed by atoms with Crippen molar-refractivity contribution in [3.05, 3.63) is 29.6 Å². The fraction of sp³-hybridized carbons (Fsp3) is 0.562. The third kappa shape index (κ3) is 2.84. The molecule has 0 atom stereocenters. The molecule has 0 bridgehead atoms. The molecule has 1 aromatic carbocycles. The van der Waals surface area contributed by atoms with E-state index in [0.29, 0.717) is 11.8 Å². The lowest BCUT2D eigenvalue weighted by atomic mass is 10.00. The van der Waals surface area contributed by atoms with E-state index in [0.717, 1.165) is 50.4 Å². The number of hydrogen-bond donors (Lipinski definition) is 0. The summed E-state index contributed by atoms with van der Waals surface area (Å²) >= 11 is 5.94. The van der Waals surface area contributed by atoms with Crippen LogP contribution in [0.1, 0.15) is 24.2 Å². The SMILES string of the molecule is Cc1ccc2c(c1)nc(CCCl)n2CC1CCOCC1. The van der Waals surface area contributed by atoms with Gasteiger partial charge in [0.15, 0.2) is 0 Å². The topological polar surface area (TPSA) is 27.1 Å². The molecule has 3 nitrogen and oxygen atoms in total. The van der Waals surface area contributed by atoms with E-state index >= 15 is 0 Å². The van der Waals surface area contributed by atoms with Crippen molar-refractivity contribution in [3.63, 3.8) is 0 Å². The second-order valence-corrected chi connectivity index (χ2v) is 6.00. The van der Waals surface area contributed by atoms with E-state index in [-0.39, 0.29) is 0 Å². The van der Waals surface area contributed by atoms with Crippen LogP contribution in [0.3, 0.4) is 0 Å². The van der Waals surface area contributed by atoms with Crippen LogP contribution < -0.4 is 0 Å². The maximum atomic E-state index is 5.94. The highest BCUT2D eigenvalue weighted by atomic mass is 35.5. The van der Waals surface area contributed by atoms with Crippen molar-refractivity contribution >= 4 is 22.6 Å². The van der Waals surface area contributed by atoms with Gasteiger partial charge in [-0.25, -0.2) is 4.98 Å². The van der Waals surface area contributed by atoms with Crippen LogP contribution in [-0.2, 0) is 17.7 Å². The molecular weight excluding hydrogens is 272 g/mol. The summed E-state index contributed by atoms with van der Waals surface area (Å²) < 4.78 is 7.82. The minimum absolute atomic E-state index is 0.621. The number of fused-ring (bicyclic) bond motifs is 1. The summed E-state index contributed by atoms with van der Waals surface area (Å²) in [6.07, 6.45) is 3.12. The van der Waals surface area contributed by atoms with Crippen molar-refractivity contribution < 1.29 is 4.74 Å². The van der Waals surface area contributed by atoms with Crippen LogP contribution in [0, 0.1) is 12.8 Å². The number of nitrogens with zero attached hydrogens (tertiary/aromatic N) is 2. The maximum absolute atomic E-state index is 5.94. The minimum Gasteiger partial charge on any atom is -0.381 e. The van der Waals surface area contributed by atoms with Crippen molar-refractivity contribution in [3.8, 4) is 0 Å². The molecular formula is C16H21ClN2O. The van der Waals surface area contributed by atoms with Gasteiger partial charge in [-0.05, 0) is 43.4 Å². The van der Waals surface area contributed by atoms with Crippen LogP contribution in [0.4, 0.5) is 0 Å². The van der Waals surface area contributed by atoms with E-state index in [1.54, 1.807) is 0 Å². The molecule has 0 N–H and O–H groups in total. The van der Waals surface area contributed by atoms with Crippen LogP contribution >= 0.6 is 11.6 Å². The number of rotatable bonds is 4. The minimum atomic E-state index is 0.621. The van der Waals surface area contributed by atoms with Crippen molar-refractivity contribution in [2.24, 2.45) is 5.92 Å². The van der Waals surface area contributed by atoms with E-state index in [4.69, 9.17) is 21.3 Å². The number of imidazole rings is 1. The zero-order chi connectivity index (χ0) is 13.9. The molecule has 20 heavy (non-hydrogen) atoms. The molecule has 4 heteroatoms. The molecule has 0 unspecified atom stereocenters. The van der Waals surface area contributed by atoms with Gasteiger partial charge in [-0.2, -0.15) is 0 Å². The first kappa shape index (κ1) is 13.9. The molecule has 1 aliphatic heterocycles. The molecule has 1 saturated heterocycles. The van der Waals surface area contributed by atoms with Crippen molar-refractivity contribution in [2.45, 2.75) is 32.7 Å². The maximum Gasteiger partial charge on any atom is 0.111 e. The zero-order valence-electron chi connectivity index (χ0n) is 11.9. The number of aryl methyl sites for hydroxylation is 2. The Kier molecular flexibility index (Phi) is 4.27. The normalized spacial score (nSPS) is 16.9. The highest BCUT2D eigenvalue weighted by molar-refractivity contribution is 6.17. The van der Waals surface area contributed by atoms with E-state index in [9.17, 15) is 0 Å². The van der Waals surface area contributed by atoms with Crippen molar-refractivity contribution in [2.75, 3.05) is 19.1 Å². The number of halogens is 1. The number of hydrogen-bond acceptors (Lipinski definition) is 2. The lowest BCUT2D eigenvalue weighted by molar-refractivity contribution is 0.0613. The number of aromatic nitrogens is 2. The summed E-state index contributed by atoms with van der Waals surface area (Å²) in [5.74, 6) is 2.43. The Labute approximate surface area is 124 Å². The fourth-order valence-corrected chi connectivity index (χ4v) is 3.13. The number of ether oxygens (including phenoxy) is 1. The lowest BCUT2D eigenvalue weighted by Crippen LogP contribution is -2.21. The van der Waals surface area contributed by atoms with E-state index in [2.05, 4.69) is 29.7 Å². The summed E-state index contributed by atoms with van der Waals surface area (Å²) in [6, 6.07) is 6.51. The highest BCUT2D eigenvalue weighted by Crippen LogP contribution is 2.23. The first-order valence-electron chi connectivity index (χ1n) is 7.37. The molecule has 0 saturated carbocycles. The summed E-state index contributed by atoms with van der Waals surface area (Å²) in [6.45, 7) is 4.93. The fourth-order valence-electron chi connectivity index (χ4n) is 2.96. The van der Waals surface area contributed by atoms with Gasteiger partial charge in [0.25, 0.3) is 0 Å². The predicted octanol–water partition coefficient (Wildman–Crippen LogP) is 3.55. The highest BCUT2D eigenvalue weighted by Gasteiger charge is 2.18. The molecule has 1 aliphatic rings. The molecule has 0 aliphatic carbocycles. The Morgan fingerprint density at radius 1 is 1.35 bits per heavy atom. The second-order valence-electron chi connectivity index (χ2n) is 5.63. The first-order chi connectivity index (χ1) is 9.78. The quantitative estimate of drug-likeness (QED) is 0.806. The van der Waals surface area contributed by atoms with Gasteiger partial charge in [0.1, 0.15) is 5.82 Å². The van der Waals surface area contributed by atoms with Gasteiger partial charge in [0.05, 0.1) is 11.0 Å².